The molecule has 0 bridgehead atoms. The van der Waals surface area contributed by atoms with E-state index in [1.165, 1.54) is 0 Å². The van der Waals surface area contributed by atoms with Crippen LogP contribution in [-0.4, -0.2) is 16.1 Å². The lowest BCUT2D eigenvalue weighted by Crippen LogP contribution is -1.89. The summed E-state index contributed by atoms with van der Waals surface area (Å²) in [5.74, 6) is 0. The van der Waals surface area contributed by atoms with Gasteiger partial charge in [-0.25, -0.2) is 0 Å². The maximum absolute atomic E-state index is 10.6. The van der Waals surface area contributed by atoms with E-state index >= 15 is 0 Å². The highest BCUT2D eigenvalue weighted by Gasteiger charge is 2.04. The number of carbonyl (C=O) groups is 1. The smallest absolute Gasteiger partial charge is 0.151 e. The van der Waals surface area contributed by atoms with Crippen LogP contribution in [0.25, 0.3) is 10.9 Å². The van der Waals surface area contributed by atoms with Gasteiger partial charge in [-0.3, -0.25) is 9.48 Å². The number of aromatic nitrogens is 2. The van der Waals surface area contributed by atoms with Crippen LogP contribution in [0.15, 0.2) is 22.8 Å². The number of benzene rings is 1. The Hall–Kier alpha value is -1.16. The molecule has 13 heavy (non-hydrogen) atoms. The van der Waals surface area contributed by atoms with Crippen LogP contribution in [0.1, 0.15) is 10.4 Å². The third kappa shape index (κ3) is 1.27. The molecule has 2 rings (SSSR count). The van der Waals surface area contributed by atoms with Crippen molar-refractivity contribution in [3.05, 3.63) is 28.4 Å². The van der Waals surface area contributed by atoms with E-state index in [-0.39, 0.29) is 0 Å². The normalized spacial score (nSPS) is 10.6. The molecule has 0 saturated heterocycles. The molecule has 66 valence electrons. The summed E-state index contributed by atoms with van der Waals surface area (Å²) in [4.78, 5) is 10.6. The van der Waals surface area contributed by atoms with Crippen molar-refractivity contribution >= 4 is 33.1 Å². The predicted molar refractivity (Wildman–Crippen MR) is 53.8 cm³/mol. The molecule has 0 aliphatic carbocycles. The van der Waals surface area contributed by atoms with Gasteiger partial charge in [0.2, 0.25) is 0 Å². The van der Waals surface area contributed by atoms with Crippen LogP contribution in [0.4, 0.5) is 0 Å². The van der Waals surface area contributed by atoms with Crippen LogP contribution in [0, 0.1) is 0 Å². The molecule has 0 atom stereocenters. The fraction of sp³-hybridized carbons (Fsp3) is 0.111. The molecular weight excluding hydrogens is 232 g/mol. The van der Waals surface area contributed by atoms with Crippen molar-refractivity contribution in [2.24, 2.45) is 7.05 Å². The SMILES string of the molecule is Cn1ncc2cc(C=O)c(Br)cc21. The van der Waals surface area contributed by atoms with Gasteiger partial charge in [0, 0.05) is 22.5 Å². The van der Waals surface area contributed by atoms with Crippen molar-refractivity contribution in [3.8, 4) is 0 Å². The number of hydrogen-bond acceptors (Lipinski definition) is 2. The van der Waals surface area contributed by atoms with E-state index in [0.717, 1.165) is 21.7 Å². The molecule has 0 radical (unpaired) electrons. The van der Waals surface area contributed by atoms with Gasteiger partial charge in [-0.15, -0.1) is 0 Å². The van der Waals surface area contributed by atoms with E-state index in [0.29, 0.717) is 5.56 Å². The standard InChI is InChI=1S/C9H7BrN2O/c1-12-9-3-8(10)7(5-13)2-6(9)4-11-12/h2-5H,1H3. The van der Waals surface area contributed by atoms with Crippen molar-refractivity contribution in [1.82, 2.24) is 9.78 Å². The van der Waals surface area contributed by atoms with Gasteiger partial charge in [-0.1, -0.05) is 0 Å². The number of hydrogen-bond donors (Lipinski definition) is 0. The molecule has 0 unspecified atom stereocenters. The maximum Gasteiger partial charge on any atom is 0.151 e. The van der Waals surface area contributed by atoms with Gasteiger partial charge >= 0.3 is 0 Å². The molecule has 0 spiro atoms. The molecule has 0 aliphatic heterocycles. The Bertz CT molecular complexity index is 476. The molecule has 1 heterocycles. The Morgan fingerprint density at radius 2 is 2.31 bits per heavy atom. The first-order valence-corrected chi connectivity index (χ1v) is 4.58. The molecule has 0 fully saturated rings. The molecule has 0 saturated carbocycles. The van der Waals surface area contributed by atoms with Crippen LogP contribution in [-0.2, 0) is 7.05 Å². The number of carbonyl (C=O) groups excluding carboxylic acids is 1. The summed E-state index contributed by atoms with van der Waals surface area (Å²) >= 11 is 3.32. The molecule has 1 aromatic carbocycles. The summed E-state index contributed by atoms with van der Waals surface area (Å²) in [6.07, 6.45) is 2.57. The van der Waals surface area contributed by atoms with E-state index < -0.39 is 0 Å². The minimum Gasteiger partial charge on any atom is -0.298 e. The molecule has 0 amide bonds. The summed E-state index contributed by atoms with van der Waals surface area (Å²) in [6, 6.07) is 3.71. The van der Waals surface area contributed by atoms with Gasteiger partial charge < -0.3 is 0 Å². The number of nitrogens with zero attached hydrogens (tertiary/aromatic N) is 2. The maximum atomic E-state index is 10.6. The van der Waals surface area contributed by atoms with E-state index in [1.54, 1.807) is 10.9 Å². The number of aldehydes is 1. The second-order valence-electron chi connectivity index (χ2n) is 2.82. The van der Waals surface area contributed by atoms with Gasteiger partial charge in [0.1, 0.15) is 0 Å². The summed E-state index contributed by atoms with van der Waals surface area (Å²) in [5, 5.41) is 5.07. The summed E-state index contributed by atoms with van der Waals surface area (Å²) in [5.41, 5.74) is 1.66. The topological polar surface area (TPSA) is 34.9 Å². The van der Waals surface area contributed by atoms with Gasteiger partial charge in [-0.2, -0.15) is 5.10 Å². The van der Waals surface area contributed by atoms with Crippen molar-refractivity contribution in [2.45, 2.75) is 0 Å². The minimum atomic E-state index is 0.653. The van der Waals surface area contributed by atoms with E-state index in [1.807, 2.05) is 19.2 Å². The van der Waals surface area contributed by atoms with E-state index in [9.17, 15) is 4.79 Å². The Labute approximate surface area is 83.5 Å². The fourth-order valence-electron chi connectivity index (χ4n) is 1.28. The van der Waals surface area contributed by atoms with Crippen LogP contribution in [0.2, 0.25) is 0 Å². The molecule has 0 N–H and O–H groups in total. The van der Waals surface area contributed by atoms with Crippen LogP contribution >= 0.6 is 15.9 Å². The Balaban J connectivity index is 2.83. The first-order chi connectivity index (χ1) is 6.22. The average Bonchev–Trinajstić information content (AvgIpc) is 2.47. The number of rotatable bonds is 1. The fourth-order valence-corrected chi connectivity index (χ4v) is 1.71. The molecule has 2 aromatic rings. The summed E-state index contributed by atoms with van der Waals surface area (Å²) in [6.45, 7) is 0. The molecule has 3 nitrogen and oxygen atoms in total. The first-order valence-electron chi connectivity index (χ1n) is 3.79. The highest BCUT2D eigenvalue weighted by atomic mass is 79.9. The zero-order valence-electron chi connectivity index (χ0n) is 6.99. The first kappa shape index (κ1) is 8.44. The lowest BCUT2D eigenvalue weighted by Gasteiger charge is -1.98. The van der Waals surface area contributed by atoms with E-state index in [2.05, 4.69) is 21.0 Å². The second-order valence-corrected chi connectivity index (χ2v) is 3.67. The molecular formula is C9H7BrN2O. The van der Waals surface area contributed by atoms with Crippen molar-refractivity contribution in [3.63, 3.8) is 0 Å². The molecule has 1 aromatic heterocycles. The number of aryl methyl sites for hydroxylation is 1. The average molecular weight is 239 g/mol. The van der Waals surface area contributed by atoms with Gasteiger partial charge in [0.05, 0.1) is 11.7 Å². The largest absolute Gasteiger partial charge is 0.298 e. The van der Waals surface area contributed by atoms with Crippen molar-refractivity contribution in [2.75, 3.05) is 0 Å². The summed E-state index contributed by atoms with van der Waals surface area (Å²) < 4.78 is 2.58. The van der Waals surface area contributed by atoms with Gasteiger partial charge in [-0.05, 0) is 28.1 Å². The predicted octanol–water partition coefficient (Wildman–Crippen LogP) is 2.15. The molecule has 4 heteroatoms. The second kappa shape index (κ2) is 2.96. The molecule has 0 aliphatic rings. The van der Waals surface area contributed by atoms with Crippen LogP contribution in [0.5, 0.6) is 0 Å². The zero-order valence-corrected chi connectivity index (χ0v) is 8.58. The van der Waals surface area contributed by atoms with Crippen LogP contribution in [0.3, 0.4) is 0 Å². The Morgan fingerprint density at radius 1 is 1.54 bits per heavy atom. The van der Waals surface area contributed by atoms with E-state index in [4.69, 9.17) is 0 Å². The monoisotopic (exact) mass is 238 g/mol. The zero-order chi connectivity index (χ0) is 9.42. The Kier molecular flexibility index (Phi) is 1.92. The number of halogens is 1. The lowest BCUT2D eigenvalue weighted by atomic mass is 10.2. The third-order valence-electron chi connectivity index (χ3n) is 1.99. The van der Waals surface area contributed by atoms with Gasteiger partial charge in [0.15, 0.2) is 6.29 Å². The highest BCUT2D eigenvalue weighted by Crippen LogP contribution is 2.22. The van der Waals surface area contributed by atoms with Crippen molar-refractivity contribution in [1.29, 1.82) is 0 Å². The Morgan fingerprint density at radius 3 is 3.00 bits per heavy atom. The third-order valence-corrected chi connectivity index (χ3v) is 2.68. The van der Waals surface area contributed by atoms with Crippen LogP contribution < -0.4 is 0 Å². The van der Waals surface area contributed by atoms with Crippen molar-refractivity contribution < 1.29 is 4.79 Å². The number of fused-ring (bicyclic) bond motifs is 1. The minimum absolute atomic E-state index is 0.653. The van der Waals surface area contributed by atoms with Gasteiger partial charge in [0.25, 0.3) is 0 Å². The highest BCUT2D eigenvalue weighted by molar-refractivity contribution is 9.10. The summed E-state index contributed by atoms with van der Waals surface area (Å²) in [7, 11) is 1.87. The quantitative estimate of drug-likeness (QED) is 0.714. The lowest BCUT2D eigenvalue weighted by molar-refractivity contribution is 0.112.